The number of benzene rings is 3. The molecule has 0 saturated heterocycles. The summed E-state index contributed by atoms with van der Waals surface area (Å²) in [5.74, 6) is 0.766. The third-order valence-electron chi connectivity index (χ3n) is 5.03. The van der Waals surface area contributed by atoms with Gasteiger partial charge in [-0.3, -0.25) is 9.63 Å². The average Bonchev–Trinajstić information content (AvgIpc) is 3.21. The molecule has 2 heterocycles. The molecule has 3 aromatic carbocycles. The van der Waals surface area contributed by atoms with Gasteiger partial charge < -0.3 is 4.74 Å². The Morgan fingerprint density at radius 2 is 1.70 bits per heavy atom. The number of anilines is 1. The number of carbonyl (C=O) groups excluding carboxylic acids is 1. The van der Waals surface area contributed by atoms with Crippen molar-refractivity contribution in [2.45, 2.75) is 26.1 Å². The molecule has 1 aliphatic rings. The van der Waals surface area contributed by atoms with E-state index in [4.69, 9.17) is 9.57 Å². The summed E-state index contributed by atoms with van der Waals surface area (Å²) in [6.45, 7) is 0.756. The zero-order valence-electron chi connectivity index (χ0n) is 16.3. The van der Waals surface area contributed by atoms with E-state index >= 15 is 0 Å². The van der Waals surface area contributed by atoms with Gasteiger partial charge in [0, 0.05) is 6.42 Å². The number of hydrogen-bond donors (Lipinski definition) is 0. The van der Waals surface area contributed by atoms with Crippen LogP contribution in [0.5, 0.6) is 5.75 Å². The maximum absolute atomic E-state index is 12.3. The lowest BCUT2D eigenvalue weighted by atomic mass is 10.0. The lowest BCUT2D eigenvalue weighted by Gasteiger charge is -2.28. The third-order valence-corrected chi connectivity index (χ3v) is 6.04. The first-order chi connectivity index (χ1) is 14.8. The molecule has 0 N–H and O–H groups in total. The van der Waals surface area contributed by atoms with Gasteiger partial charge in [0.2, 0.25) is 0 Å². The number of aryl methyl sites for hydroxylation is 1. The largest absolute Gasteiger partial charge is 0.486 e. The topological polar surface area (TPSA) is 51.7 Å². The van der Waals surface area contributed by atoms with Gasteiger partial charge in [-0.25, -0.2) is 4.98 Å². The van der Waals surface area contributed by atoms with Gasteiger partial charge >= 0.3 is 0 Å². The van der Waals surface area contributed by atoms with Crippen molar-refractivity contribution in [1.82, 2.24) is 4.98 Å². The second-order valence-electron chi connectivity index (χ2n) is 7.10. The van der Waals surface area contributed by atoms with Crippen LogP contribution in [0.1, 0.15) is 22.6 Å². The number of ether oxygens (including phenoxy) is 1. The van der Waals surface area contributed by atoms with Crippen molar-refractivity contribution >= 4 is 33.1 Å². The number of carbonyl (C=O) groups is 1. The number of para-hydroxylation sites is 2. The first-order valence-electron chi connectivity index (χ1n) is 9.86. The number of hydrogen-bond acceptors (Lipinski definition) is 5. The summed E-state index contributed by atoms with van der Waals surface area (Å²) in [6.07, 6.45) is 1.23. The molecule has 150 valence electrons. The standard InChI is InChI=1S/C24H20N2O3S/c27-24-14-11-18-5-1-3-7-21(18)26(24)29-15-17-9-12-19(13-10-17)28-16-23-25-20-6-2-4-8-22(20)30-23/h1-10,12-13H,11,14-16H2. The Hall–Kier alpha value is -3.22. The van der Waals surface area contributed by atoms with E-state index in [1.807, 2.05) is 66.7 Å². The highest BCUT2D eigenvalue weighted by molar-refractivity contribution is 7.18. The van der Waals surface area contributed by atoms with Gasteiger partial charge in [-0.2, -0.15) is 5.06 Å². The number of thiazole rings is 1. The van der Waals surface area contributed by atoms with E-state index in [0.717, 1.165) is 44.2 Å². The molecular weight excluding hydrogens is 396 g/mol. The minimum absolute atomic E-state index is 0.00973. The number of fused-ring (bicyclic) bond motifs is 2. The van der Waals surface area contributed by atoms with Crippen molar-refractivity contribution in [3.8, 4) is 5.75 Å². The zero-order valence-corrected chi connectivity index (χ0v) is 17.1. The van der Waals surface area contributed by atoms with Crippen LogP contribution < -0.4 is 9.80 Å². The van der Waals surface area contributed by atoms with Gasteiger partial charge in [0.1, 0.15) is 24.0 Å². The zero-order chi connectivity index (χ0) is 20.3. The molecule has 4 aromatic rings. The fraction of sp³-hybridized carbons (Fsp3) is 0.167. The van der Waals surface area contributed by atoms with Gasteiger partial charge in [0.05, 0.1) is 15.9 Å². The minimum atomic E-state index is -0.00973. The van der Waals surface area contributed by atoms with E-state index in [1.54, 1.807) is 11.3 Å². The summed E-state index contributed by atoms with van der Waals surface area (Å²) in [6, 6.07) is 23.7. The molecule has 1 aromatic heterocycles. The van der Waals surface area contributed by atoms with Gasteiger partial charge in [-0.1, -0.05) is 42.5 Å². The van der Waals surface area contributed by atoms with Crippen LogP contribution in [0.3, 0.4) is 0 Å². The van der Waals surface area contributed by atoms with E-state index < -0.39 is 0 Å². The van der Waals surface area contributed by atoms with Gasteiger partial charge in [-0.05, 0) is 47.9 Å². The molecule has 0 fully saturated rings. The van der Waals surface area contributed by atoms with E-state index in [1.165, 1.54) is 5.06 Å². The van der Waals surface area contributed by atoms with Gasteiger partial charge in [0.25, 0.3) is 5.91 Å². The molecule has 1 aliphatic heterocycles. The highest BCUT2D eigenvalue weighted by Crippen LogP contribution is 2.28. The summed E-state index contributed by atoms with van der Waals surface area (Å²) in [5.41, 5.74) is 3.95. The third kappa shape index (κ3) is 3.92. The summed E-state index contributed by atoms with van der Waals surface area (Å²) < 4.78 is 7.04. The average molecular weight is 417 g/mol. The molecule has 1 amide bonds. The molecule has 0 radical (unpaired) electrons. The highest BCUT2D eigenvalue weighted by Gasteiger charge is 2.24. The Bertz CT molecular complexity index is 1150. The van der Waals surface area contributed by atoms with Crippen molar-refractivity contribution in [3.05, 3.63) is 88.9 Å². The Balaban J connectivity index is 1.20. The molecule has 0 bridgehead atoms. The van der Waals surface area contributed by atoms with Crippen LogP contribution in [0.4, 0.5) is 5.69 Å². The minimum Gasteiger partial charge on any atom is -0.486 e. The number of hydroxylamine groups is 1. The van der Waals surface area contributed by atoms with Crippen LogP contribution in [-0.4, -0.2) is 10.9 Å². The SMILES string of the molecule is O=C1CCc2ccccc2N1OCc1ccc(OCc2nc3ccccc3s2)cc1. The van der Waals surface area contributed by atoms with Gasteiger partial charge in [-0.15, -0.1) is 11.3 Å². The fourth-order valence-electron chi connectivity index (χ4n) is 3.49. The lowest BCUT2D eigenvalue weighted by Crippen LogP contribution is -2.34. The number of rotatable bonds is 6. The van der Waals surface area contributed by atoms with Crippen LogP contribution in [0.15, 0.2) is 72.8 Å². The smallest absolute Gasteiger partial charge is 0.251 e. The number of aromatic nitrogens is 1. The van der Waals surface area contributed by atoms with Crippen molar-refractivity contribution < 1.29 is 14.4 Å². The van der Waals surface area contributed by atoms with Crippen molar-refractivity contribution in [1.29, 1.82) is 0 Å². The van der Waals surface area contributed by atoms with Crippen LogP contribution in [0, 0.1) is 0 Å². The van der Waals surface area contributed by atoms with E-state index in [9.17, 15) is 4.79 Å². The van der Waals surface area contributed by atoms with E-state index in [0.29, 0.717) is 19.6 Å². The van der Waals surface area contributed by atoms with E-state index in [-0.39, 0.29) is 5.91 Å². The molecule has 0 spiro atoms. The van der Waals surface area contributed by atoms with Crippen molar-refractivity contribution in [3.63, 3.8) is 0 Å². The van der Waals surface area contributed by atoms with Gasteiger partial charge in [0.15, 0.2) is 0 Å². The van der Waals surface area contributed by atoms with Crippen molar-refractivity contribution in [2.75, 3.05) is 5.06 Å². The second-order valence-corrected chi connectivity index (χ2v) is 8.21. The molecule has 0 aliphatic carbocycles. The quantitative estimate of drug-likeness (QED) is 0.429. The maximum Gasteiger partial charge on any atom is 0.251 e. The molecule has 5 nitrogen and oxygen atoms in total. The Morgan fingerprint density at radius 1 is 0.900 bits per heavy atom. The van der Waals surface area contributed by atoms with Crippen LogP contribution in [0.2, 0.25) is 0 Å². The monoisotopic (exact) mass is 416 g/mol. The Labute approximate surface area is 178 Å². The second kappa shape index (κ2) is 8.26. The predicted molar refractivity (Wildman–Crippen MR) is 117 cm³/mol. The predicted octanol–water partition coefficient (Wildman–Crippen LogP) is 5.29. The Kier molecular flexibility index (Phi) is 5.17. The number of amides is 1. The van der Waals surface area contributed by atoms with Crippen LogP contribution in [0.25, 0.3) is 10.2 Å². The molecule has 0 unspecified atom stereocenters. The van der Waals surface area contributed by atoms with E-state index in [2.05, 4.69) is 11.1 Å². The first-order valence-corrected chi connectivity index (χ1v) is 10.7. The molecule has 30 heavy (non-hydrogen) atoms. The summed E-state index contributed by atoms with van der Waals surface area (Å²) in [4.78, 5) is 22.7. The number of nitrogens with zero attached hydrogens (tertiary/aromatic N) is 2. The molecule has 0 atom stereocenters. The Morgan fingerprint density at radius 3 is 2.57 bits per heavy atom. The maximum atomic E-state index is 12.3. The summed E-state index contributed by atoms with van der Waals surface area (Å²) in [7, 11) is 0. The fourth-order valence-corrected chi connectivity index (χ4v) is 4.37. The summed E-state index contributed by atoms with van der Waals surface area (Å²) >= 11 is 1.64. The molecule has 5 rings (SSSR count). The first kappa shape index (κ1) is 18.8. The normalized spacial score (nSPS) is 13.5. The molecular formula is C24H20N2O3S. The lowest BCUT2D eigenvalue weighted by molar-refractivity contribution is -0.127. The van der Waals surface area contributed by atoms with Crippen LogP contribution in [-0.2, 0) is 29.3 Å². The van der Waals surface area contributed by atoms with Crippen LogP contribution >= 0.6 is 11.3 Å². The summed E-state index contributed by atoms with van der Waals surface area (Å²) in [5, 5.41) is 2.38. The van der Waals surface area contributed by atoms with Crippen molar-refractivity contribution in [2.24, 2.45) is 0 Å². The highest BCUT2D eigenvalue weighted by atomic mass is 32.1. The molecule has 6 heteroatoms. The molecule has 0 saturated carbocycles.